The van der Waals surface area contributed by atoms with Crippen molar-refractivity contribution in [2.75, 3.05) is 13.1 Å². The molecule has 1 heterocycles. The van der Waals surface area contributed by atoms with Gasteiger partial charge in [0.15, 0.2) is 0 Å². The molecule has 0 aromatic heterocycles. The van der Waals surface area contributed by atoms with Crippen LogP contribution in [0.5, 0.6) is 0 Å². The first-order valence-corrected chi connectivity index (χ1v) is 4.56. The second-order valence-corrected chi connectivity index (χ2v) is 4.14. The summed E-state index contributed by atoms with van der Waals surface area (Å²) in [6.45, 7) is 4.62. The van der Waals surface area contributed by atoms with E-state index in [0.29, 0.717) is 13.1 Å². The number of hydrogen-bond acceptors (Lipinski definition) is 1. The Morgan fingerprint density at radius 1 is 1.38 bits per heavy atom. The summed E-state index contributed by atoms with van der Waals surface area (Å²) in [7, 11) is 0. The van der Waals surface area contributed by atoms with E-state index in [4.69, 9.17) is 0 Å². The van der Waals surface area contributed by atoms with Crippen LogP contribution in [-0.2, 0) is 4.79 Å². The molecule has 0 N–H and O–H groups in total. The Bertz CT molecular complexity index is 207. The quantitative estimate of drug-likeness (QED) is 0.607. The molecule has 0 saturated carbocycles. The number of nitrogens with zero attached hydrogens (tertiary/aromatic N) is 1. The molecule has 5 heteroatoms. The molecule has 1 aliphatic rings. The summed E-state index contributed by atoms with van der Waals surface area (Å²) < 4.78 is 24.8. The summed E-state index contributed by atoms with van der Waals surface area (Å²) in [5.41, 5.74) is 0. The summed E-state index contributed by atoms with van der Waals surface area (Å²) in [5.74, 6) is -0.740. The largest absolute Gasteiger partial charge is 0.399 e. The molecule has 13 heavy (non-hydrogen) atoms. The molecule has 76 valence electrons. The molecular formula is C8H12ClF2NO. The minimum atomic E-state index is -3.75. The van der Waals surface area contributed by atoms with Gasteiger partial charge in [0.1, 0.15) is 0 Å². The van der Waals surface area contributed by atoms with Gasteiger partial charge in [0, 0.05) is 13.1 Å². The van der Waals surface area contributed by atoms with Gasteiger partial charge in [0.2, 0.25) is 0 Å². The monoisotopic (exact) mass is 211 g/mol. The number of halogens is 3. The summed E-state index contributed by atoms with van der Waals surface area (Å²) in [5, 5.41) is -3.75. The molecule has 0 radical (unpaired) electrons. The van der Waals surface area contributed by atoms with Gasteiger partial charge in [-0.25, -0.2) is 0 Å². The van der Waals surface area contributed by atoms with Gasteiger partial charge in [-0.3, -0.25) is 4.79 Å². The van der Waals surface area contributed by atoms with Gasteiger partial charge < -0.3 is 4.90 Å². The lowest BCUT2D eigenvalue weighted by Crippen LogP contribution is -2.39. The minimum Gasteiger partial charge on any atom is -0.336 e. The van der Waals surface area contributed by atoms with Crippen molar-refractivity contribution >= 4 is 17.5 Å². The van der Waals surface area contributed by atoms with Crippen LogP contribution in [0.15, 0.2) is 0 Å². The molecule has 1 aliphatic heterocycles. The number of hydrogen-bond donors (Lipinski definition) is 0. The molecule has 0 spiro atoms. The van der Waals surface area contributed by atoms with Crippen molar-refractivity contribution in [3.8, 4) is 0 Å². The van der Waals surface area contributed by atoms with E-state index >= 15 is 0 Å². The maximum atomic E-state index is 12.4. The van der Waals surface area contributed by atoms with Crippen molar-refractivity contribution in [1.82, 2.24) is 4.90 Å². The number of likely N-dealkylation sites (tertiary alicyclic amines) is 1. The van der Waals surface area contributed by atoms with Crippen LogP contribution in [0.2, 0.25) is 0 Å². The average Bonchev–Trinajstić information content (AvgIpc) is 2.29. The van der Waals surface area contributed by atoms with Crippen molar-refractivity contribution in [3.05, 3.63) is 0 Å². The van der Waals surface area contributed by atoms with E-state index in [1.807, 2.05) is 13.8 Å². The van der Waals surface area contributed by atoms with E-state index in [9.17, 15) is 13.6 Å². The highest BCUT2D eigenvalue weighted by atomic mass is 35.5. The number of carbonyl (C=O) groups excluding carboxylic acids is 1. The van der Waals surface area contributed by atoms with Crippen LogP contribution in [0.1, 0.15) is 13.8 Å². The third kappa shape index (κ3) is 2.30. The molecule has 2 unspecified atom stereocenters. The molecule has 1 rings (SSSR count). The van der Waals surface area contributed by atoms with E-state index in [0.717, 1.165) is 4.90 Å². The van der Waals surface area contributed by atoms with Crippen molar-refractivity contribution in [3.63, 3.8) is 0 Å². The highest BCUT2D eigenvalue weighted by molar-refractivity contribution is 6.32. The number of rotatable bonds is 1. The Morgan fingerprint density at radius 2 is 1.77 bits per heavy atom. The molecule has 0 aromatic carbocycles. The third-order valence-electron chi connectivity index (χ3n) is 2.52. The van der Waals surface area contributed by atoms with E-state index in [1.54, 1.807) is 0 Å². The van der Waals surface area contributed by atoms with Gasteiger partial charge >= 0.3 is 11.3 Å². The predicted molar refractivity (Wildman–Crippen MR) is 45.7 cm³/mol. The molecule has 0 aliphatic carbocycles. The van der Waals surface area contributed by atoms with Crippen molar-refractivity contribution in [2.45, 2.75) is 19.2 Å². The zero-order chi connectivity index (χ0) is 10.2. The normalized spacial score (nSPS) is 29.5. The van der Waals surface area contributed by atoms with E-state index in [-0.39, 0.29) is 11.8 Å². The molecular weight excluding hydrogens is 200 g/mol. The maximum Gasteiger partial charge on any atom is 0.399 e. The Kier molecular flexibility index (Phi) is 2.80. The summed E-state index contributed by atoms with van der Waals surface area (Å²) >= 11 is 4.63. The first-order chi connectivity index (χ1) is 5.82. The molecule has 1 fully saturated rings. The van der Waals surface area contributed by atoms with Crippen LogP contribution in [0.4, 0.5) is 8.78 Å². The standard InChI is InChI=1S/C8H12ClF2NO/c1-5-3-12(4-6(5)2)7(13)8(9,10)11/h5-6H,3-4H2,1-2H3. The Hall–Kier alpha value is -0.380. The zero-order valence-corrected chi connectivity index (χ0v) is 8.31. The lowest BCUT2D eigenvalue weighted by Gasteiger charge is -2.18. The van der Waals surface area contributed by atoms with Gasteiger partial charge in [0.25, 0.3) is 0 Å². The number of amides is 1. The zero-order valence-electron chi connectivity index (χ0n) is 7.56. The second kappa shape index (κ2) is 3.40. The van der Waals surface area contributed by atoms with Gasteiger partial charge in [-0.15, -0.1) is 0 Å². The average molecular weight is 212 g/mol. The summed E-state index contributed by atoms with van der Waals surface area (Å²) in [6.07, 6.45) is 0. The Morgan fingerprint density at radius 3 is 2.08 bits per heavy atom. The second-order valence-electron chi connectivity index (χ2n) is 3.66. The van der Waals surface area contributed by atoms with Gasteiger partial charge in [-0.1, -0.05) is 13.8 Å². The molecule has 0 bridgehead atoms. The minimum absolute atomic E-state index is 0.267. The van der Waals surface area contributed by atoms with Crippen LogP contribution in [0, 0.1) is 11.8 Å². The Balaban J connectivity index is 2.61. The first-order valence-electron chi connectivity index (χ1n) is 4.18. The number of alkyl halides is 3. The maximum absolute atomic E-state index is 12.4. The summed E-state index contributed by atoms with van der Waals surface area (Å²) in [6, 6.07) is 0. The highest BCUT2D eigenvalue weighted by Gasteiger charge is 2.43. The van der Waals surface area contributed by atoms with E-state index in [2.05, 4.69) is 11.6 Å². The SMILES string of the molecule is CC1CN(C(=O)C(F)(F)Cl)CC1C. The molecule has 1 amide bonds. The molecule has 1 saturated heterocycles. The smallest absolute Gasteiger partial charge is 0.336 e. The topological polar surface area (TPSA) is 20.3 Å². The lowest BCUT2D eigenvalue weighted by molar-refractivity contribution is -0.146. The highest BCUT2D eigenvalue weighted by Crippen LogP contribution is 2.28. The number of carbonyl (C=O) groups is 1. The fraction of sp³-hybridized carbons (Fsp3) is 0.875. The van der Waals surface area contributed by atoms with Gasteiger partial charge in [0.05, 0.1) is 0 Å². The molecule has 2 atom stereocenters. The van der Waals surface area contributed by atoms with Gasteiger partial charge in [-0.05, 0) is 23.4 Å². The van der Waals surface area contributed by atoms with Crippen LogP contribution in [0.3, 0.4) is 0 Å². The Labute approximate surface area is 80.8 Å². The van der Waals surface area contributed by atoms with Gasteiger partial charge in [-0.2, -0.15) is 8.78 Å². The summed E-state index contributed by atoms with van der Waals surface area (Å²) in [4.78, 5) is 12.1. The molecule has 2 nitrogen and oxygen atoms in total. The van der Waals surface area contributed by atoms with Crippen LogP contribution in [-0.4, -0.2) is 29.3 Å². The van der Waals surface area contributed by atoms with Crippen LogP contribution < -0.4 is 0 Å². The third-order valence-corrected chi connectivity index (χ3v) is 2.68. The van der Waals surface area contributed by atoms with E-state index < -0.39 is 11.3 Å². The fourth-order valence-corrected chi connectivity index (χ4v) is 1.59. The lowest BCUT2D eigenvalue weighted by atomic mass is 10.0. The predicted octanol–water partition coefficient (Wildman–Crippen LogP) is 1.93. The van der Waals surface area contributed by atoms with Crippen molar-refractivity contribution in [1.29, 1.82) is 0 Å². The fourth-order valence-electron chi connectivity index (χ4n) is 1.47. The molecule has 0 aromatic rings. The first kappa shape index (κ1) is 10.7. The van der Waals surface area contributed by atoms with Crippen LogP contribution in [0.25, 0.3) is 0 Å². The van der Waals surface area contributed by atoms with Crippen LogP contribution >= 0.6 is 11.6 Å². The van der Waals surface area contributed by atoms with Crippen molar-refractivity contribution in [2.24, 2.45) is 11.8 Å². The van der Waals surface area contributed by atoms with E-state index in [1.165, 1.54) is 0 Å². The van der Waals surface area contributed by atoms with Crippen molar-refractivity contribution < 1.29 is 13.6 Å².